The van der Waals surface area contributed by atoms with Gasteiger partial charge in [0, 0.05) is 24.6 Å². The SMILES string of the molecule is Cc1cc([C@H]2CCCCCN2C(=O)c2cc(C3CC3)on2)on1. The molecule has 122 valence electrons. The normalized spacial score (nSPS) is 22.1. The molecule has 1 amide bonds. The Morgan fingerprint density at radius 2 is 1.91 bits per heavy atom. The second-order valence-corrected chi connectivity index (χ2v) is 6.62. The summed E-state index contributed by atoms with van der Waals surface area (Å²) < 4.78 is 10.8. The van der Waals surface area contributed by atoms with Crippen LogP contribution < -0.4 is 0 Å². The zero-order chi connectivity index (χ0) is 15.8. The van der Waals surface area contributed by atoms with Gasteiger partial charge < -0.3 is 13.9 Å². The maximum Gasteiger partial charge on any atom is 0.276 e. The van der Waals surface area contributed by atoms with E-state index in [1.54, 1.807) is 0 Å². The van der Waals surface area contributed by atoms with Crippen LogP contribution in [0.25, 0.3) is 0 Å². The van der Waals surface area contributed by atoms with Crippen molar-refractivity contribution in [1.82, 2.24) is 15.2 Å². The molecule has 0 N–H and O–H groups in total. The molecule has 0 radical (unpaired) electrons. The first-order chi connectivity index (χ1) is 11.2. The van der Waals surface area contributed by atoms with Crippen LogP contribution in [0.4, 0.5) is 0 Å². The summed E-state index contributed by atoms with van der Waals surface area (Å²) in [6.45, 7) is 2.62. The first-order valence-electron chi connectivity index (χ1n) is 8.43. The number of aromatic nitrogens is 2. The maximum absolute atomic E-state index is 12.9. The Balaban J connectivity index is 1.60. The first-order valence-corrected chi connectivity index (χ1v) is 8.43. The van der Waals surface area contributed by atoms with Crippen LogP contribution in [0.3, 0.4) is 0 Å². The van der Waals surface area contributed by atoms with E-state index in [-0.39, 0.29) is 11.9 Å². The van der Waals surface area contributed by atoms with E-state index in [4.69, 9.17) is 9.05 Å². The molecule has 0 unspecified atom stereocenters. The second kappa shape index (κ2) is 5.83. The fourth-order valence-corrected chi connectivity index (χ4v) is 3.29. The predicted molar refractivity (Wildman–Crippen MR) is 82.0 cm³/mol. The van der Waals surface area contributed by atoms with Crippen molar-refractivity contribution in [3.63, 3.8) is 0 Å². The van der Waals surface area contributed by atoms with Crippen molar-refractivity contribution in [1.29, 1.82) is 0 Å². The molecule has 3 heterocycles. The highest BCUT2D eigenvalue weighted by molar-refractivity contribution is 5.92. The van der Waals surface area contributed by atoms with Crippen molar-refractivity contribution in [2.45, 2.75) is 57.4 Å². The monoisotopic (exact) mass is 315 g/mol. The summed E-state index contributed by atoms with van der Waals surface area (Å²) in [5.41, 5.74) is 1.25. The third-order valence-corrected chi connectivity index (χ3v) is 4.72. The number of carbonyl (C=O) groups is 1. The van der Waals surface area contributed by atoms with Crippen molar-refractivity contribution in [2.24, 2.45) is 0 Å². The van der Waals surface area contributed by atoms with Crippen LogP contribution in [-0.2, 0) is 0 Å². The quantitative estimate of drug-likeness (QED) is 0.865. The van der Waals surface area contributed by atoms with E-state index in [2.05, 4.69) is 10.3 Å². The van der Waals surface area contributed by atoms with Crippen LogP contribution in [0.15, 0.2) is 21.2 Å². The predicted octanol–water partition coefficient (Wildman–Crippen LogP) is 3.61. The Morgan fingerprint density at radius 1 is 1.09 bits per heavy atom. The minimum absolute atomic E-state index is 0.0627. The molecule has 6 nitrogen and oxygen atoms in total. The summed E-state index contributed by atoms with van der Waals surface area (Å²) in [7, 11) is 0. The fourth-order valence-electron chi connectivity index (χ4n) is 3.29. The number of nitrogens with zero attached hydrogens (tertiary/aromatic N) is 3. The number of hydrogen-bond acceptors (Lipinski definition) is 5. The lowest BCUT2D eigenvalue weighted by molar-refractivity contribution is 0.0640. The van der Waals surface area contributed by atoms with Gasteiger partial charge >= 0.3 is 0 Å². The molecule has 23 heavy (non-hydrogen) atoms. The van der Waals surface area contributed by atoms with Crippen LogP contribution in [0.5, 0.6) is 0 Å². The number of rotatable bonds is 3. The Morgan fingerprint density at radius 3 is 2.65 bits per heavy atom. The van der Waals surface area contributed by atoms with Gasteiger partial charge in [-0.1, -0.05) is 23.2 Å². The van der Waals surface area contributed by atoms with Gasteiger partial charge in [-0.25, -0.2) is 0 Å². The minimum Gasteiger partial charge on any atom is -0.360 e. The number of hydrogen-bond donors (Lipinski definition) is 0. The van der Waals surface area contributed by atoms with E-state index < -0.39 is 0 Å². The van der Waals surface area contributed by atoms with Gasteiger partial charge in [0.25, 0.3) is 5.91 Å². The highest BCUT2D eigenvalue weighted by Gasteiger charge is 2.33. The van der Waals surface area contributed by atoms with Crippen LogP contribution in [-0.4, -0.2) is 27.7 Å². The van der Waals surface area contributed by atoms with Crippen molar-refractivity contribution < 1.29 is 13.8 Å². The van der Waals surface area contributed by atoms with Gasteiger partial charge in [0.2, 0.25) is 0 Å². The van der Waals surface area contributed by atoms with E-state index >= 15 is 0 Å². The smallest absolute Gasteiger partial charge is 0.276 e. The highest BCUT2D eigenvalue weighted by Crippen LogP contribution is 2.40. The molecule has 2 aliphatic rings. The van der Waals surface area contributed by atoms with E-state index in [9.17, 15) is 4.79 Å². The molecule has 2 fully saturated rings. The third kappa shape index (κ3) is 2.90. The largest absolute Gasteiger partial charge is 0.360 e. The van der Waals surface area contributed by atoms with Gasteiger partial charge in [0.05, 0.1) is 11.7 Å². The molecule has 2 aromatic heterocycles. The molecule has 6 heteroatoms. The van der Waals surface area contributed by atoms with E-state index in [0.29, 0.717) is 11.6 Å². The van der Waals surface area contributed by atoms with E-state index in [1.165, 1.54) is 0 Å². The molecular formula is C17H21N3O3. The Bertz CT molecular complexity index is 702. The lowest BCUT2D eigenvalue weighted by atomic mass is 10.1. The molecule has 2 aromatic rings. The number of aryl methyl sites for hydroxylation is 1. The van der Waals surface area contributed by atoms with Gasteiger partial charge in [-0.15, -0.1) is 0 Å². The lowest BCUT2D eigenvalue weighted by Gasteiger charge is -2.27. The van der Waals surface area contributed by atoms with Crippen LogP contribution in [0, 0.1) is 6.92 Å². The zero-order valence-corrected chi connectivity index (χ0v) is 13.3. The van der Waals surface area contributed by atoms with Crippen LogP contribution in [0.1, 0.15) is 78.2 Å². The highest BCUT2D eigenvalue weighted by atomic mass is 16.5. The molecule has 1 atom stereocenters. The lowest BCUT2D eigenvalue weighted by Crippen LogP contribution is -2.34. The molecule has 0 bridgehead atoms. The van der Waals surface area contributed by atoms with Crippen molar-refractivity contribution in [3.8, 4) is 0 Å². The molecule has 4 rings (SSSR count). The van der Waals surface area contributed by atoms with Gasteiger partial charge in [-0.3, -0.25) is 4.79 Å². The summed E-state index contributed by atoms with van der Waals surface area (Å²) in [4.78, 5) is 14.8. The van der Waals surface area contributed by atoms with Crippen LogP contribution >= 0.6 is 0 Å². The van der Waals surface area contributed by atoms with Gasteiger partial charge in [-0.05, 0) is 32.6 Å². The van der Waals surface area contributed by atoms with Crippen molar-refractivity contribution in [3.05, 3.63) is 35.0 Å². The standard InChI is InChI=1S/C17H21N3O3/c1-11-9-16(23-18-11)14-5-3-2-4-8-20(14)17(21)13-10-15(22-19-13)12-6-7-12/h9-10,12,14H,2-8H2,1H3/t14-/m1/s1. The first kappa shape index (κ1) is 14.5. The summed E-state index contributed by atoms with van der Waals surface area (Å²) >= 11 is 0. The number of carbonyl (C=O) groups excluding carboxylic acids is 1. The maximum atomic E-state index is 12.9. The molecule has 1 saturated heterocycles. The minimum atomic E-state index is -0.0680. The Labute approximate surface area is 134 Å². The molecule has 1 saturated carbocycles. The molecule has 0 spiro atoms. The molecule has 1 aliphatic heterocycles. The average molecular weight is 315 g/mol. The van der Waals surface area contributed by atoms with E-state index in [1.807, 2.05) is 24.0 Å². The van der Waals surface area contributed by atoms with Crippen molar-refractivity contribution >= 4 is 5.91 Å². The topological polar surface area (TPSA) is 72.4 Å². The average Bonchev–Trinajstić information content (AvgIpc) is 3.21. The van der Waals surface area contributed by atoms with Gasteiger partial charge in [0.15, 0.2) is 11.5 Å². The summed E-state index contributed by atoms with van der Waals surface area (Å²) in [5, 5.41) is 7.98. The molecular weight excluding hydrogens is 294 g/mol. The third-order valence-electron chi connectivity index (χ3n) is 4.72. The summed E-state index contributed by atoms with van der Waals surface area (Å²) in [6.07, 6.45) is 6.37. The van der Waals surface area contributed by atoms with Crippen LogP contribution in [0.2, 0.25) is 0 Å². The zero-order valence-electron chi connectivity index (χ0n) is 13.3. The van der Waals surface area contributed by atoms with Crippen molar-refractivity contribution in [2.75, 3.05) is 6.54 Å². The van der Waals surface area contributed by atoms with Gasteiger partial charge in [0.1, 0.15) is 5.76 Å². The fraction of sp³-hybridized carbons (Fsp3) is 0.588. The molecule has 0 aromatic carbocycles. The summed E-state index contributed by atoms with van der Waals surface area (Å²) in [6, 6.07) is 3.68. The molecule has 1 aliphatic carbocycles. The number of amides is 1. The number of likely N-dealkylation sites (tertiary alicyclic amines) is 1. The summed E-state index contributed by atoms with van der Waals surface area (Å²) in [5.74, 6) is 2.00. The Hall–Kier alpha value is -2.11. The van der Waals surface area contributed by atoms with Gasteiger partial charge in [-0.2, -0.15) is 0 Å². The second-order valence-electron chi connectivity index (χ2n) is 6.62. The van der Waals surface area contributed by atoms with E-state index in [0.717, 1.165) is 62.3 Å². The Kier molecular flexibility index (Phi) is 3.67.